The highest BCUT2D eigenvalue weighted by Gasteiger charge is 2.47. The summed E-state index contributed by atoms with van der Waals surface area (Å²) in [5.74, 6) is -1.02. The van der Waals surface area contributed by atoms with Crippen LogP contribution in [0.25, 0.3) is 0 Å². The van der Waals surface area contributed by atoms with E-state index >= 15 is 0 Å². The van der Waals surface area contributed by atoms with Crippen LogP contribution in [0, 0.1) is 17.8 Å². The van der Waals surface area contributed by atoms with Crippen molar-refractivity contribution in [2.75, 3.05) is 0 Å². The lowest BCUT2D eigenvalue weighted by Gasteiger charge is -2.24. The van der Waals surface area contributed by atoms with E-state index in [9.17, 15) is 9.59 Å². The van der Waals surface area contributed by atoms with Crippen molar-refractivity contribution in [3.63, 3.8) is 0 Å². The van der Waals surface area contributed by atoms with Crippen LogP contribution in [0.1, 0.15) is 20.3 Å². The molecule has 0 bridgehead atoms. The van der Waals surface area contributed by atoms with E-state index in [4.69, 9.17) is 0 Å². The first-order valence-electron chi connectivity index (χ1n) is 4.52. The Morgan fingerprint density at radius 1 is 1.38 bits per heavy atom. The Kier molecular flexibility index (Phi) is 1.75. The zero-order valence-corrected chi connectivity index (χ0v) is 7.74. The summed E-state index contributed by atoms with van der Waals surface area (Å²) in [5.41, 5.74) is 1.18. The minimum Gasteiger partial charge on any atom is -0.392 e. The fourth-order valence-electron chi connectivity index (χ4n) is 2.30. The molecule has 1 aliphatic heterocycles. The SMILES string of the molecule is CC1=CC2C(=O)OC(=O)C2C(C)C1. The normalized spacial score (nSPS) is 38.3. The summed E-state index contributed by atoms with van der Waals surface area (Å²) in [4.78, 5) is 22.5. The molecule has 0 N–H and O–H groups in total. The number of ether oxygens (including phenoxy) is 1. The lowest BCUT2D eigenvalue weighted by Crippen LogP contribution is -2.27. The molecule has 3 unspecified atom stereocenters. The van der Waals surface area contributed by atoms with E-state index in [0.29, 0.717) is 0 Å². The summed E-state index contributed by atoms with van der Waals surface area (Å²) in [6.07, 6.45) is 2.77. The topological polar surface area (TPSA) is 43.4 Å². The highest BCUT2D eigenvalue weighted by atomic mass is 16.6. The van der Waals surface area contributed by atoms with Gasteiger partial charge in [0.05, 0.1) is 11.8 Å². The Labute approximate surface area is 76.8 Å². The summed E-state index contributed by atoms with van der Waals surface area (Å²) in [7, 11) is 0. The predicted octanol–water partition coefficient (Wildman–Crippen LogP) is 1.29. The second kappa shape index (κ2) is 2.69. The minimum absolute atomic E-state index is 0.226. The number of fused-ring (bicyclic) bond motifs is 1. The van der Waals surface area contributed by atoms with Gasteiger partial charge in [-0.05, 0) is 19.3 Å². The first kappa shape index (κ1) is 8.48. The van der Waals surface area contributed by atoms with Gasteiger partial charge in [0, 0.05) is 0 Å². The van der Waals surface area contributed by atoms with Crippen LogP contribution in [-0.2, 0) is 14.3 Å². The molecule has 1 fully saturated rings. The Balaban J connectivity index is 2.37. The molecule has 0 spiro atoms. The molecule has 0 aromatic heterocycles. The van der Waals surface area contributed by atoms with Crippen LogP contribution in [0.3, 0.4) is 0 Å². The van der Waals surface area contributed by atoms with Crippen LogP contribution in [0.4, 0.5) is 0 Å². The molecule has 3 heteroatoms. The smallest absolute Gasteiger partial charge is 0.321 e. The average Bonchev–Trinajstić information content (AvgIpc) is 2.27. The second-order valence-corrected chi connectivity index (χ2v) is 3.99. The molecular weight excluding hydrogens is 168 g/mol. The maximum Gasteiger partial charge on any atom is 0.321 e. The maximum absolute atomic E-state index is 11.3. The van der Waals surface area contributed by atoms with Crippen molar-refractivity contribution in [2.45, 2.75) is 20.3 Å². The Morgan fingerprint density at radius 2 is 2.08 bits per heavy atom. The van der Waals surface area contributed by atoms with Crippen LogP contribution < -0.4 is 0 Å². The highest BCUT2D eigenvalue weighted by molar-refractivity contribution is 5.98. The molecule has 3 atom stereocenters. The molecule has 0 saturated carbocycles. The molecular formula is C10H12O3. The van der Waals surface area contributed by atoms with Crippen molar-refractivity contribution >= 4 is 11.9 Å². The van der Waals surface area contributed by atoms with Gasteiger partial charge in [-0.15, -0.1) is 0 Å². The average molecular weight is 180 g/mol. The molecule has 0 aromatic rings. The van der Waals surface area contributed by atoms with Crippen molar-refractivity contribution in [3.8, 4) is 0 Å². The lowest BCUT2D eigenvalue weighted by atomic mass is 9.76. The zero-order chi connectivity index (χ0) is 9.59. The van der Waals surface area contributed by atoms with Crippen molar-refractivity contribution in [2.24, 2.45) is 17.8 Å². The molecule has 3 nitrogen and oxygen atoms in total. The van der Waals surface area contributed by atoms with Gasteiger partial charge in [-0.1, -0.05) is 18.6 Å². The fraction of sp³-hybridized carbons (Fsp3) is 0.600. The van der Waals surface area contributed by atoms with Crippen molar-refractivity contribution in [1.29, 1.82) is 0 Å². The van der Waals surface area contributed by atoms with Gasteiger partial charge in [-0.3, -0.25) is 9.59 Å². The lowest BCUT2D eigenvalue weighted by molar-refractivity contribution is -0.153. The van der Waals surface area contributed by atoms with E-state index in [-0.39, 0.29) is 29.7 Å². The molecule has 70 valence electrons. The maximum atomic E-state index is 11.3. The van der Waals surface area contributed by atoms with Gasteiger partial charge in [-0.2, -0.15) is 0 Å². The second-order valence-electron chi connectivity index (χ2n) is 3.99. The van der Waals surface area contributed by atoms with Crippen molar-refractivity contribution in [3.05, 3.63) is 11.6 Å². The predicted molar refractivity (Wildman–Crippen MR) is 45.6 cm³/mol. The third kappa shape index (κ3) is 1.19. The van der Waals surface area contributed by atoms with E-state index < -0.39 is 0 Å². The number of allylic oxidation sites excluding steroid dienone is 1. The zero-order valence-electron chi connectivity index (χ0n) is 7.74. The number of hydrogen-bond donors (Lipinski definition) is 0. The third-order valence-corrected chi connectivity index (χ3v) is 2.85. The van der Waals surface area contributed by atoms with Crippen molar-refractivity contribution < 1.29 is 14.3 Å². The van der Waals surface area contributed by atoms with Gasteiger partial charge in [0.2, 0.25) is 0 Å². The largest absolute Gasteiger partial charge is 0.392 e. The van der Waals surface area contributed by atoms with Crippen LogP contribution in [0.5, 0.6) is 0 Å². The molecule has 0 radical (unpaired) electrons. The summed E-state index contributed by atoms with van der Waals surface area (Å²) in [6, 6.07) is 0. The number of carbonyl (C=O) groups is 2. The summed E-state index contributed by atoms with van der Waals surface area (Å²) >= 11 is 0. The van der Waals surface area contributed by atoms with Crippen LogP contribution >= 0.6 is 0 Å². The number of hydrogen-bond acceptors (Lipinski definition) is 3. The van der Waals surface area contributed by atoms with Crippen LogP contribution in [-0.4, -0.2) is 11.9 Å². The summed E-state index contributed by atoms with van der Waals surface area (Å²) < 4.78 is 4.60. The Hall–Kier alpha value is -1.12. The van der Waals surface area contributed by atoms with Gasteiger partial charge in [0.25, 0.3) is 0 Å². The molecule has 0 amide bonds. The summed E-state index contributed by atoms with van der Waals surface area (Å²) in [5, 5.41) is 0. The molecule has 13 heavy (non-hydrogen) atoms. The number of rotatable bonds is 0. The van der Waals surface area contributed by atoms with Gasteiger partial charge < -0.3 is 4.74 Å². The van der Waals surface area contributed by atoms with Crippen molar-refractivity contribution in [1.82, 2.24) is 0 Å². The first-order chi connectivity index (χ1) is 6.09. The van der Waals surface area contributed by atoms with Gasteiger partial charge in [-0.25, -0.2) is 0 Å². The fourth-order valence-corrected chi connectivity index (χ4v) is 2.30. The van der Waals surface area contributed by atoms with Gasteiger partial charge >= 0.3 is 11.9 Å². The van der Waals surface area contributed by atoms with Crippen LogP contribution in [0.15, 0.2) is 11.6 Å². The Bertz CT molecular complexity index is 303. The van der Waals surface area contributed by atoms with E-state index in [1.807, 2.05) is 19.9 Å². The number of cyclic esters (lactones) is 2. The molecule has 1 aliphatic carbocycles. The minimum atomic E-state index is -0.374. The monoisotopic (exact) mass is 180 g/mol. The van der Waals surface area contributed by atoms with E-state index in [0.717, 1.165) is 6.42 Å². The molecule has 1 saturated heterocycles. The van der Waals surface area contributed by atoms with Crippen LogP contribution in [0.2, 0.25) is 0 Å². The van der Waals surface area contributed by atoms with E-state index in [1.54, 1.807) is 0 Å². The van der Waals surface area contributed by atoms with E-state index in [1.165, 1.54) is 5.57 Å². The number of carbonyl (C=O) groups excluding carboxylic acids is 2. The third-order valence-electron chi connectivity index (χ3n) is 2.85. The Morgan fingerprint density at radius 3 is 2.77 bits per heavy atom. The highest BCUT2D eigenvalue weighted by Crippen LogP contribution is 2.38. The van der Waals surface area contributed by atoms with Gasteiger partial charge in [0.1, 0.15) is 0 Å². The number of esters is 2. The molecule has 0 aromatic carbocycles. The summed E-state index contributed by atoms with van der Waals surface area (Å²) in [6.45, 7) is 3.98. The molecule has 1 heterocycles. The standard InChI is InChI=1S/C10H12O3/c1-5-3-6(2)8-7(4-5)9(11)13-10(8)12/h4,6-8H,3H2,1-2H3. The van der Waals surface area contributed by atoms with E-state index in [2.05, 4.69) is 4.74 Å². The molecule has 2 rings (SSSR count). The first-order valence-corrected chi connectivity index (χ1v) is 4.52. The van der Waals surface area contributed by atoms with Gasteiger partial charge in [0.15, 0.2) is 0 Å². The quantitative estimate of drug-likeness (QED) is 0.320. The molecule has 2 aliphatic rings.